The van der Waals surface area contributed by atoms with Gasteiger partial charge in [-0.3, -0.25) is 4.79 Å². The number of aromatic nitrogens is 1. The van der Waals surface area contributed by atoms with Crippen molar-refractivity contribution in [1.29, 1.82) is 0 Å². The van der Waals surface area contributed by atoms with Crippen molar-refractivity contribution in [3.8, 4) is 22.6 Å². The highest BCUT2D eigenvalue weighted by atomic mass is 19.4. The van der Waals surface area contributed by atoms with Crippen LogP contribution in [0.5, 0.6) is 0 Å². The van der Waals surface area contributed by atoms with Crippen LogP contribution in [-0.4, -0.2) is 11.1 Å². The lowest BCUT2D eigenvalue weighted by atomic mass is 10.1. The van der Waals surface area contributed by atoms with E-state index in [4.69, 9.17) is 4.52 Å². The molecule has 3 aromatic rings. The quantitative estimate of drug-likeness (QED) is 0.727. The number of hydrogen-bond donors (Lipinski definition) is 1. The Hall–Kier alpha value is -3.09. The van der Waals surface area contributed by atoms with E-state index in [0.717, 1.165) is 17.7 Å². The summed E-state index contributed by atoms with van der Waals surface area (Å²) in [5.74, 6) is 0.202. The van der Waals surface area contributed by atoms with Crippen LogP contribution in [0.2, 0.25) is 0 Å². The van der Waals surface area contributed by atoms with E-state index >= 15 is 0 Å². The van der Waals surface area contributed by atoms with Crippen molar-refractivity contribution in [2.45, 2.75) is 13.1 Å². The van der Waals surface area contributed by atoms with E-state index in [1.807, 2.05) is 0 Å². The minimum atomic E-state index is -4.37. The average Bonchev–Trinajstić information content (AvgIpc) is 3.04. The van der Waals surface area contributed by atoms with Crippen molar-refractivity contribution < 1.29 is 22.5 Å². The molecule has 0 atom stereocenters. The number of nitrogens with zero attached hydrogens (tertiary/aromatic N) is 1. The number of carbonyl (C=O) groups is 1. The second kappa shape index (κ2) is 6.43. The van der Waals surface area contributed by atoms with Crippen LogP contribution in [0.4, 0.5) is 18.9 Å². The van der Waals surface area contributed by atoms with Crippen molar-refractivity contribution >= 4 is 11.6 Å². The molecule has 0 saturated heterocycles. The maximum Gasteiger partial charge on any atom is 0.416 e. The van der Waals surface area contributed by atoms with E-state index in [-0.39, 0.29) is 5.91 Å². The van der Waals surface area contributed by atoms with Gasteiger partial charge in [0.1, 0.15) is 5.69 Å². The first-order valence-electron chi connectivity index (χ1n) is 7.35. The van der Waals surface area contributed by atoms with Gasteiger partial charge in [-0.2, -0.15) is 13.2 Å². The molecule has 0 aliphatic rings. The average molecular weight is 346 g/mol. The minimum absolute atomic E-state index is 0.168. The second-order valence-electron chi connectivity index (χ2n) is 5.41. The van der Waals surface area contributed by atoms with Gasteiger partial charge in [0.25, 0.3) is 0 Å². The number of anilines is 1. The number of carbonyl (C=O) groups excluding carboxylic acids is 1. The lowest BCUT2D eigenvalue weighted by molar-refractivity contribution is -0.137. The molecule has 1 N–H and O–H groups in total. The Morgan fingerprint density at radius 3 is 2.16 bits per heavy atom. The molecule has 7 heteroatoms. The van der Waals surface area contributed by atoms with Crippen molar-refractivity contribution in [3.63, 3.8) is 0 Å². The summed E-state index contributed by atoms with van der Waals surface area (Å²) in [4.78, 5) is 11.0. The molecule has 4 nitrogen and oxygen atoms in total. The number of hydrogen-bond acceptors (Lipinski definition) is 3. The zero-order valence-corrected chi connectivity index (χ0v) is 13.1. The Morgan fingerprint density at radius 1 is 1.00 bits per heavy atom. The van der Waals surface area contributed by atoms with Gasteiger partial charge in [0, 0.05) is 29.8 Å². The molecule has 1 aromatic heterocycles. The van der Waals surface area contributed by atoms with E-state index in [1.54, 1.807) is 30.3 Å². The number of rotatable bonds is 3. The standard InChI is InChI=1S/C18H13F3N2O2/c1-11(24)22-15-8-4-12(5-9-15)16-10-17(25-23-16)13-2-6-14(7-3-13)18(19,20)21/h2-10H,1H3,(H,22,24). The van der Waals surface area contributed by atoms with Crippen LogP contribution in [0.25, 0.3) is 22.6 Å². The lowest BCUT2D eigenvalue weighted by Crippen LogP contribution is -2.05. The fourth-order valence-electron chi connectivity index (χ4n) is 2.30. The van der Waals surface area contributed by atoms with Crippen molar-refractivity contribution in [2.24, 2.45) is 0 Å². The summed E-state index contributed by atoms with van der Waals surface area (Å²) in [6, 6.07) is 13.3. The normalized spacial score (nSPS) is 11.4. The third kappa shape index (κ3) is 3.88. The van der Waals surface area contributed by atoms with E-state index in [0.29, 0.717) is 22.7 Å². The van der Waals surface area contributed by atoms with Gasteiger partial charge in [-0.15, -0.1) is 0 Å². The van der Waals surface area contributed by atoms with Gasteiger partial charge in [0.15, 0.2) is 5.76 Å². The summed E-state index contributed by atoms with van der Waals surface area (Å²) in [6.07, 6.45) is -4.37. The molecule has 0 fully saturated rings. The zero-order valence-electron chi connectivity index (χ0n) is 13.1. The van der Waals surface area contributed by atoms with Crippen LogP contribution < -0.4 is 5.32 Å². The Labute approximate surface area is 141 Å². The first-order valence-corrected chi connectivity index (χ1v) is 7.35. The summed E-state index contributed by atoms with van der Waals surface area (Å²) >= 11 is 0. The molecule has 0 radical (unpaired) electrons. The van der Waals surface area contributed by atoms with Gasteiger partial charge in [-0.05, 0) is 24.3 Å². The summed E-state index contributed by atoms with van der Waals surface area (Å²) in [6.45, 7) is 1.42. The first-order chi connectivity index (χ1) is 11.8. The first kappa shape index (κ1) is 16.8. The number of alkyl halides is 3. The van der Waals surface area contributed by atoms with Crippen molar-refractivity contribution in [1.82, 2.24) is 5.16 Å². The number of benzene rings is 2. The Balaban J connectivity index is 1.81. The highest BCUT2D eigenvalue weighted by molar-refractivity contribution is 5.88. The summed E-state index contributed by atoms with van der Waals surface area (Å²) in [5.41, 5.74) is 1.74. The zero-order chi connectivity index (χ0) is 18.0. The maximum atomic E-state index is 12.6. The van der Waals surface area contributed by atoms with Crippen LogP contribution in [0, 0.1) is 0 Å². The van der Waals surface area contributed by atoms with E-state index < -0.39 is 11.7 Å². The number of nitrogens with one attached hydrogen (secondary N) is 1. The minimum Gasteiger partial charge on any atom is -0.356 e. The van der Waals surface area contributed by atoms with Crippen LogP contribution in [-0.2, 0) is 11.0 Å². The summed E-state index contributed by atoms with van der Waals surface area (Å²) in [5, 5.41) is 6.60. The molecule has 0 saturated carbocycles. The topological polar surface area (TPSA) is 55.1 Å². The monoisotopic (exact) mass is 346 g/mol. The molecule has 0 unspecified atom stereocenters. The molecule has 0 aliphatic heterocycles. The third-order valence-electron chi connectivity index (χ3n) is 3.51. The van der Waals surface area contributed by atoms with E-state index in [9.17, 15) is 18.0 Å². The molecule has 0 spiro atoms. The van der Waals surface area contributed by atoms with Gasteiger partial charge in [-0.25, -0.2) is 0 Å². The van der Waals surface area contributed by atoms with Gasteiger partial charge >= 0.3 is 6.18 Å². The molecule has 128 valence electrons. The smallest absolute Gasteiger partial charge is 0.356 e. The maximum absolute atomic E-state index is 12.6. The SMILES string of the molecule is CC(=O)Nc1ccc(-c2cc(-c3ccc(C(F)(F)F)cc3)on2)cc1. The van der Waals surface area contributed by atoms with E-state index in [2.05, 4.69) is 10.5 Å². The molecule has 1 heterocycles. The van der Waals surface area contributed by atoms with Gasteiger partial charge in [0.2, 0.25) is 5.91 Å². The molecule has 0 bridgehead atoms. The van der Waals surface area contributed by atoms with Crippen LogP contribution in [0.1, 0.15) is 12.5 Å². The van der Waals surface area contributed by atoms with Crippen molar-refractivity contribution in [3.05, 3.63) is 60.2 Å². The second-order valence-corrected chi connectivity index (χ2v) is 5.41. The molecule has 25 heavy (non-hydrogen) atoms. The molecular formula is C18H13F3N2O2. The van der Waals surface area contributed by atoms with Crippen LogP contribution in [0.3, 0.4) is 0 Å². The highest BCUT2D eigenvalue weighted by Gasteiger charge is 2.30. The third-order valence-corrected chi connectivity index (χ3v) is 3.51. The molecule has 0 aliphatic carbocycles. The Bertz CT molecular complexity index is 882. The van der Waals surface area contributed by atoms with E-state index in [1.165, 1.54) is 19.1 Å². The predicted molar refractivity (Wildman–Crippen MR) is 86.7 cm³/mol. The van der Waals surface area contributed by atoms with Gasteiger partial charge in [0.05, 0.1) is 5.56 Å². The molecule has 3 rings (SSSR count). The van der Waals surface area contributed by atoms with Gasteiger partial charge in [-0.1, -0.05) is 29.4 Å². The summed E-state index contributed by atoms with van der Waals surface area (Å²) in [7, 11) is 0. The van der Waals surface area contributed by atoms with Crippen LogP contribution in [0.15, 0.2) is 59.1 Å². The Kier molecular flexibility index (Phi) is 4.31. The van der Waals surface area contributed by atoms with Gasteiger partial charge < -0.3 is 9.84 Å². The fourth-order valence-corrected chi connectivity index (χ4v) is 2.30. The lowest BCUT2D eigenvalue weighted by Gasteiger charge is -2.06. The highest BCUT2D eigenvalue weighted by Crippen LogP contribution is 2.32. The molecule has 2 aromatic carbocycles. The number of halogens is 3. The largest absolute Gasteiger partial charge is 0.416 e. The summed E-state index contributed by atoms with van der Waals surface area (Å²) < 4.78 is 43.0. The fraction of sp³-hybridized carbons (Fsp3) is 0.111. The van der Waals surface area contributed by atoms with Crippen molar-refractivity contribution in [2.75, 3.05) is 5.32 Å². The molecular weight excluding hydrogens is 333 g/mol. The number of amides is 1. The predicted octanol–water partition coefficient (Wildman–Crippen LogP) is 4.99. The Morgan fingerprint density at radius 2 is 1.60 bits per heavy atom. The molecule has 1 amide bonds. The van der Waals surface area contributed by atoms with Crippen LogP contribution >= 0.6 is 0 Å².